The van der Waals surface area contributed by atoms with Gasteiger partial charge in [0.15, 0.2) is 0 Å². The van der Waals surface area contributed by atoms with Crippen LogP contribution in [0.2, 0.25) is 0 Å². The molecule has 1 heterocycles. The molecule has 1 aromatic rings. The van der Waals surface area contributed by atoms with Crippen LogP contribution in [0.5, 0.6) is 5.75 Å². The van der Waals surface area contributed by atoms with Crippen molar-refractivity contribution in [2.45, 2.75) is 25.7 Å². The minimum absolute atomic E-state index is 0.0630. The van der Waals surface area contributed by atoms with E-state index in [0.29, 0.717) is 5.56 Å². The van der Waals surface area contributed by atoms with Crippen molar-refractivity contribution >= 4 is 18.6 Å². The molecule has 1 amide bonds. The summed E-state index contributed by atoms with van der Waals surface area (Å²) in [6.45, 7) is -1.72. The van der Waals surface area contributed by atoms with Gasteiger partial charge in [-0.25, -0.2) is 4.79 Å². The van der Waals surface area contributed by atoms with Crippen LogP contribution < -0.4 is 9.97 Å². The Balaban J connectivity index is 2.36. The van der Waals surface area contributed by atoms with Crippen molar-refractivity contribution in [2.24, 2.45) is 0 Å². The van der Waals surface area contributed by atoms with Gasteiger partial charge in [-0.2, -0.15) is 0 Å². The first-order valence-corrected chi connectivity index (χ1v) is 6.28. The van der Waals surface area contributed by atoms with E-state index in [1.165, 1.54) is 6.07 Å². The molecule has 108 valence electrons. The van der Waals surface area contributed by atoms with Crippen molar-refractivity contribution in [3.8, 4) is 5.75 Å². The molecule has 1 aromatic carbocycles. The third-order valence-corrected chi connectivity index (χ3v) is 3.25. The van der Waals surface area contributed by atoms with Gasteiger partial charge in [0, 0.05) is 12.4 Å². The number of amides is 1. The summed E-state index contributed by atoms with van der Waals surface area (Å²) in [6.07, 6.45) is 0.292. The summed E-state index contributed by atoms with van der Waals surface area (Å²) in [5, 5.41) is 31.4. The summed E-state index contributed by atoms with van der Waals surface area (Å²) >= 11 is 0. The number of rotatable bonds is 3. The highest BCUT2D eigenvalue weighted by molar-refractivity contribution is 6.61. The monoisotopic (exact) mass is 280 g/mol. The lowest BCUT2D eigenvalue weighted by Crippen LogP contribution is -2.64. The maximum atomic E-state index is 11.4. The van der Waals surface area contributed by atoms with Crippen LogP contribution in [0.15, 0.2) is 18.2 Å². The van der Waals surface area contributed by atoms with Gasteiger partial charge in [-0.15, -0.1) is 0 Å². The molecule has 8 heteroatoms. The normalized spacial score (nSPS) is 19.6. The fraction of sp³-hybridized carbons (Fsp3) is 0.333. The van der Waals surface area contributed by atoms with Crippen LogP contribution in [-0.4, -0.2) is 39.7 Å². The fourth-order valence-electron chi connectivity index (χ4n) is 2.17. The Morgan fingerprint density at radius 3 is 2.75 bits per heavy atom. The van der Waals surface area contributed by atoms with Crippen LogP contribution in [0.25, 0.3) is 0 Å². The molecule has 4 N–H and O–H groups in total. The van der Waals surface area contributed by atoms with E-state index in [0.717, 1.165) is 0 Å². The van der Waals surface area contributed by atoms with Gasteiger partial charge in [0.2, 0.25) is 5.91 Å². The largest absolute Gasteiger partial charge is 0.668 e. The van der Waals surface area contributed by atoms with Crippen LogP contribution in [0.4, 0.5) is 0 Å². The third kappa shape index (κ3) is 2.61. The number of carboxylic acid groups (broad SMARTS) is 1. The summed E-state index contributed by atoms with van der Waals surface area (Å²) in [5.74, 6) is -2.62. The predicted molar refractivity (Wildman–Crippen MR) is 70.1 cm³/mol. The minimum atomic E-state index is -3.36. The van der Waals surface area contributed by atoms with Crippen LogP contribution >= 0.6 is 0 Å². The van der Waals surface area contributed by atoms with Crippen molar-refractivity contribution in [3.05, 3.63) is 29.3 Å². The average Bonchev–Trinajstić information content (AvgIpc) is 2.38. The molecule has 0 spiro atoms. The van der Waals surface area contributed by atoms with Crippen molar-refractivity contribution in [1.82, 2.24) is 5.32 Å². The Labute approximate surface area is 115 Å². The second-order valence-corrected chi connectivity index (χ2v) is 4.71. The lowest BCUT2D eigenvalue weighted by atomic mass is 9.64. The van der Waals surface area contributed by atoms with Gasteiger partial charge in [0.1, 0.15) is 0 Å². The van der Waals surface area contributed by atoms with Gasteiger partial charge in [-0.05, 0) is 18.1 Å². The number of fused-ring (bicyclic) bond motifs is 1. The minimum Gasteiger partial charge on any atom is -0.668 e. The molecule has 0 aromatic heterocycles. The Morgan fingerprint density at radius 2 is 2.15 bits per heavy atom. The maximum Gasteiger partial charge on any atom is 0.452 e. The van der Waals surface area contributed by atoms with Gasteiger partial charge in [-0.3, -0.25) is 4.79 Å². The molecule has 2 rings (SSSR count). The summed E-state index contributed by atoms with van der Waals surface area (Å²) in [7, 11) is 0. The average molecular weight is 280 g/mol. The second kappa shape index (κ2) is 5.14. The van der Waals surface area contributed by atoms with E-state index < -0.39 is 18.7 Å². The highest BCUT2D eigenvalue weighted by Crippen LogP contribution is 2.32. The molecule has 20 heavy (non-hydrogen) atoms. The third-order valence-electron chi connectivity index (χ3n) is 3.25. The van der Waals surface area contributed by atoms with Crippen molar-refractivity contribution < 1.29 is 29.4 Å². The first-order valence-electron chi connectivity index (χ1n) is 6.28. The van der Waals surface area contributed by atoms with Crippen LogP contribution in [-0.2, 0) is 11.2 Å². The zero-order chi connectivity index (χ0) is 14.9. The van der Waals surface area contributed by atoms with Gasteiger partial charge >= 0.3 is 12.7 Å². The first-order chi connectivity index (χ1) is 9.35. The molecule has 0 unspecified atom stereocenters. The number of hydrogen-bond donors (Lipinski definition) is 4. The van der Waals surface area contributed by atoms with Crippen LogP contribution in [0.3, 0.4) is 0 Å². The molecule has 1 aliphatic heterocycles. The van der Waals surface area contributed by atoms with E-state index in [4.69, 9.17) is 9.76 Å². The summed E-state index contributed by atoms with van der Waals surface area (Å²) in [5.41, 5.74) is 0.365. The molecule has 0 bridgehead atoms. The maximum absolute atomic E-state index is 11.4. The molecular formula is C12H15BNO6-. The molecule has 0 aliphatic carbocycles. The molecule has 0 saturated heterocycles. The number of carbonyl (C=O) groups is 2. The smallest absolute Gasteiger partial charge is 0.452 e. The molecule has 1 aliphatic rings. The Morgan fingerprint density at radius 1 is 1.45 bits per heavy atom. The Hall–Kier alpha value is -2.06. The zero-order valence-corrected chi connectivity index (χ0v) is 10.9. The topological polar surface area (TPSA) is 116 Å². The van der Waals surface area contributed by atoms with E-state index in [1.807, 2.05) is 0 Å². The lowest BCUT2D eigenvalue weighted by Gasteiger charge is -2.43. The van der Waals surface area contributed by atoms with Crippen LogP contribution in [0.1, 0.15) is 29.3 Å². The quantitative estimate of drug-likeness (QED) is 0.564. The standard InChI is InChI=1S/C12H15BNO6/c1-2-10(15)14-9-6-7-4-3-5-8(12(16)17)11(7)20-13(9,18)19/h3-5,9,18-19H,2,6H2,1H3,(H,14,15)(H,16,17)/q-1/t9-/m0/s1. The molecule has 0 fully saturated rings. The van der Waals surface area contributed by atoms with Crippen molar-refractivity contribution in [2.75, 3.05) is 0 Å². The Kier molecular flexibility index (Phi) is 3.69. The van der Waals surface area contributed by atoms with Gasteiger partial charge in [0.05, 0.1) is 11.3 Å². The molecule has 0 radical (unpaired) electrons. The van der Waals surface area contributed by atoms with Crippen molar-refractivity contribution in [1.29, 1.82) is 0 Å². The summed E-state index contributed by atoms with van der Waals surface area (Å²) < 4.78 is 5.05. The highest BCUT2D eigenvalue weighted by Gasteiger charge is 2.40. The number of hydrogen-bond acceptors (Lipinski definition) is 5. The van der Waals surface area contributed by atoms with Gasteiger partial charge in [0.25, 0.3) is 0 Å². The number of nitrogens with one attached hydrogen (secondary N) is 1. The van der Waals surface area contributed by atoms with E-state index >= 15 is 0 Å². The van der Waals surface area contributed by atoms with Gasteiger partial charge < -0.3 is 25.1 Å². The van der Waals surface area contributed by atoms with E-state index in [-0.39, 0.29) is 30.1 Å². The number of carbonyl (C=O) groups excluding carboxylic acids is 1. The van der Waals surface area contributed by atoms with E-state index in [1.54, 1.807) is 19.1 Å². The van der Waals surface area contributed by atoms with Crippen LogP contribution in [0, 0.1) is 0 Å². The fourth-order valence-corrected chi connectivity index (χ4v) is 2.17. The van der Waals surface area contributed by atoms with Gasteiger partial charge in [-0.1, -0.05) is 19.1 Å². The molecule has 0 saturated carbocycles. The number of para-hydroxylation sites is 1. The van der Waals surface area contributed by atoms with E-state index in [9.17, 15) is 19.6 Å². The zero-order valence-electron chi connectivity index (χ0n) is 10.9. The molecule has 1 atom stereocenters. The Bertz CT molecular complexity index is 559. The van der Waals surface area contributed by atoms with E-state index in [2.05, 4.69) is 5.32 Å². The van der Waals surface area contributed by atoms with Crippen molar-refractivity contribution in [3.63, 3.8) is 0 Å². The summed E-state index contributed by atoms with van der Waals surface area (Å²) in [6, 6.07) is 4.48. The number of carboxylic acids is 1. The predicted octanol–water partition coefficient (Wildman–Crippen LogP) is -0.323. The number of aromatic carboxylic acids is 1. The SMILES string of the molecule is CCC(=O)N[C@H]1Cc2cccc(C(=O)O)c2O[B-]1(O)O. The molecule has 7 nitrogen and oxygen atoms in total. The second-order valence-electron chi connectivity index (χ2n) is 4.71. The number of benzene rings is 1. The summed E-state index contributed by atoms with van der Waals surface area (Å²) in [4.78, 5) is 22.5. The highest BCUT2D eigenvalue weighted by atomic mass is 16.6. The lowest BCUT2D eigenvalue weighted by molar-refractivity contribution is -0.121. The first kappa shape index (κ1) is 14.4. The molecular weight excluding hydrogens is 265 g/mol.